The number of aliphatic hydroxyl groups excluding tert-OH is 1. The first-order chi connectivity index (χ1) is 15.2. The van der Waals surface area contributed by atoms with Gasteiger partial charge in [0.05, 0.1) is 0 Å². The average molecular weight is 426 g/mol. The van der Waals surface area contributed by atoms with Gasteiger partial charge in [0.15, 0.2) is 0 Å². The van der Waals surface area contributed by atoms with E-state index in [1.165, 1.54) is 50.6 Å². The number of benzene rings is 1. The maximum Gasteiger partial charge on any atom is 0.253 e. The Bertz CT molecular complexity index is 738. The van der Waals surface area contributed by atoms with Gasteiger partial charge in [0.2, 0.25) is 0 Å². The summed E-state index contributed by atoms with van der Waals surface area (Å²) in [4.78, 5) is 17.2. The molecule has 1 atom stereocenters. The highest BCUT2D eigenvalue weighted by atomic mass is 16.3. The zero-order valence-corrected chi connectivity index (χ0v) is 18.9. The fourth-order valence-electron chi connectivity index (χ4n) is 5.31. The number of aliphatic hydroxyl groups is 1. The summed E-state index contributed by atoms with van der Waals surface area (Å²) in [6.45, 7) is 4.89. The van der Waals surface area contributed by atoms with Crippen LogP contribution in [-0.4, -0.2) is 61.3 Å². The number of piperidine rings is 2. The molecular weight excluding hydrogens is 386 g/mol. The summed E-state index contributed by atoms with van der Waals surface area (Å²) in [7, 11) is 0. The standard InChI is InChI=1S/C26H39N3O2/c30-20-22-7-4-16-29(19-22)26(31)23-8-10-25(11-9-23)28-17-13-24(14-18-28)27-15-12-21-5-2-1-3-6-21/h5,8-11,22,24,27,30H,1-4,6-7,12-20H2. The first-order valence-electron chi connectivity index (χ1n) is 12.4. The molecule has 5 heteroatoms. The summed E-state index contributed by atoms with van der Waals surface area (Å²) in [6, 6.07) is 8.78. The van der Waals surface area contributed by atoms with Crippen molar-refractivity contribution in [2.45, 2.75) is 63.8 Å². The molecule has 1 amide bonds. The zero-order chi connectivity index (χ0) is 21.5. The number of allylic oxidation sites excluding steroid dienone is 1. The minimum atomic E-state index is 0.0979. The first kappa shape index (κ1) is 22.3. The van der Waals surface area contributed by atoms with Gasteiger partial charge in [-0.2, -0.15) is 0 Å². The topological polar surface area (TPSA) is 55.8 Å². The van der Waals surface area contributed by atoms with Gasteiger partial charge in [-0.3, -0.25) is 4.79 Å². The van der Waals surface area contributed by atoms with Crippen LogP contribution in [-0.2, 0) is 0 Å². The van der Waals surface area contributed by atoms with Crippen LogP contribution in [0.4, 0.5) is 5.69 Å². The molecule has 4 rings (SSSR count). The van der Waals surface area contributed by atoms with Gasteiger partial charge in [-0.25, -0.2) is 0 Å². The molecule has 0 spiro atoms. The summed E-state index contributed by atoms with van der Waals surface area (Å²) in [5, 5.41) is 13.2. The Kier molecular flexibility index (Phi) is 8.03. The number of rotatable bonds is 7. The number of hydrogen-bond acceptors (Lipinski definition) is 4. The van der Waals surface area contributed by atoms with Crippen molar-refractivity contribution in [1.29, 1.82) is 0 Å². The monoisotopic (exact) mass is 425 g/mol. The van der Waals surface area contributed by atoms with E-state index < -0.39 is 0 Å². The van der Waals surface area contributed by atoms with Crippen LogP contribution >= 0.6 is 0 Å². The predicted octanol–water partition coefficient (Wildman–Crippen LogP) is 3.98. The van der Waals surface area contributed by atoms with E-state index in [-0.39, 0.29) is 18.4 Å². The molecule has 2 aliphatic heterocycles. The lowest BCUT2D eigenvalue weighted by atomic mass is 9.97. The Morgan fingerprint density at radius 3 is 2.55 bits per heavy atom. The molecule has 2 N–H and O–H groups in total. The lowest BCUT2D eigenvalue weighted by molar-refractivity contribution is 0.0620. The first-order valence-corrected chi connectivity index (χ1v) is 12.4. The van der Waals surface area contributed by atoms with E-state index in [1.807, 2.05) is 17.0 Å². The second-order valence-electron chi connectivity index (χ2n) is 9.56. The number of amides is 1. The van der Waals surface area contributed by atoms with E-state index in [4.69, 9.17) is 0 Å². The minimum absolute atomic E-state index is 0.0979. The van der Waals surface area contributed by atoms with Crippen LogP contribution in [0.1, 0.15) is 68.1 Å². The Morgan fingerprint density at radius 2 is 1.84 bits per heavy atom. The van der Waals surface area contributed by atoms with Crippen LogP contribution in [0, 0.1) is 5.92 Å². The number of anilines is 1. The van der Waals surface area contributed by atoms with Gasteiger partial charge in [-0.15, -0.1) is 0 Å². The van der Waals surface area contributed by atoms with E-state index in [0.29, 0.717) is 12.6 Å². The average Bonchev–Trinajstić information content (AvgIpc) is 2.85. The maximum absolute atomic E-state index is 12.8. The minimum Gasteiger partial charge on any atom is -0.396 e. The summed E-state index contributed by atoms with van der Waals surface area (Å²) in [5.74, 6) is 0.326. The van der Waals surface area contributed by atoms with Crippen LogP contribution in [0.25, 0.3) is 0 Å². The van der Waals surface area contributed by atoms with Gasteiger partial charge >= 0.3 is 0 Å². The van der Waals surface area contributed by atoms with Gasteiger partial charge < -0.3 is 20.2 Å². The molecule has 31 heavy (non-hydrogen) atoms. The van der Waals surface area contributed by atoms with Gasteiger partial charge in [-0.05, 0) is 94.5 Å². The zero-order valence-electron chi connectivity index (χ0n) is 18.9. The third-order valence-electron chi connectivity index (χ3n) is 7.30. The molecule has 2 fully saturated rings. The number of nitrogens with zero attached hydrogens (tertiary/aromatic N) is 2. The number of carbonyl (C=O) groups is 1. The van der Waals surface area contributed by atoms with Crippen molar-refractivity contribution in [3.05, 3.63) is 41.5 Å². The largest absolute Gasteiger partial charge is 0.396 e. The normalized spacial score (nSPS) is 23.0. The summed E-state index contributed by atoms with van der Waals surface area (Å²) >= 11 is 0. The molecule has 0 aromatic heterocycles. The van der Waals surface area contributed by atoms with Crippen molar-refractivity contribution in [3.63, 3.8) is 0 Å². The second-order valence-corrected chi connectivity index (χ2v) is 9.56. The number of nitrogens with one attached hydrogen (secondary N) is 1. The molecule has 5 nitrogen and oxygen atoms in total. The van der Waals surface area contributed by atoms with Crippen molar-refractivity contribution in [3.8, 4) is 0 Å². The molecule has 170 valence electrons. The molecule has 3 aliphatic rings. The molecule has 0 radical (unpaired) electrons. The van der Waals surface area contributed by atoms with Crippen LogP contribution in [0.15, 0.2) is 35.9 Å². The lowest BCUT2D eigenvalue weighted by Crippen LogP contribution is -2.43. The van der Waals surface area contributed by atoms with E-state index >= 15 is 0 Å². The second kappa shape index (κ2) is 11.1. The third-order valence-corrected chi connectivity index (χ3v) is 7.30. The Labute approximate surface area is 187 Å². The number of carbonyl (C=O) groups excluding carboxylic acids is 1. The van der Waals surface area contributed by atoms with Crippen molar-refractivity contribution in [1.82, 2.24) is 10.2 Å². The predicted molar refractivity (Wildman–Crippen MR) is 127 cm³/mol. The Hall–Kier alpha value is -1.85. The highest BCUT2D eigenvalue weighted by molar-refractivity contribution is 5.94. The highest BCUT2D eigenvalue weighted by Gasteiger charge is 2.24. The van der Waals surface area contributed by atoms with E-state index in [2.05, 4.69) is 28.4 Å². The summed E-state index contributed by atoms with van der Waals surface area (Å²) in [6.07, 6.45) is 13.3. The van der Waals surface area contributed by atoms with Gasteiger partial charge in [0.25, 0.3) is 5.91 Å². The number of likely N-dealkylation sites (tertiary alicyclic amines) is 1. The van der Waals surface area contributed by atoms with Crippen molar-refractivity contribution >= 4 is 11.6 Å². The van der Waals surface area contributed by atoms with Gasteiger partial charge in [-0.1, -0.05) is 11.6 Å². The fourth-order valence-corrected chi connectivity index (χ4v) is 5.31. The van der Waals surface area contributed by atoms with Crippen LogP contribution in [0.2, 0.25) is 0 Å². The molecule has 2 heterocycles. The van der Waals surface area contributed by atoms with Crippen molar-refractivity contribution < 1.29 is 9.90 Å². The molecule has 1 aromatic carbocycles. The lowest BCUT2D eigenvalue weighted by Gasteiger charge is -2.34. The van der Waals surface area contributed by atoms with E-state index in [9.17, 15) is 9.90 Å². The van der Waals surface area contributed by atoms with Crippen LogP contribution < -0.4 is 10.2 Å². The molecule has 0 bridgehead atoms. The SMILES string of the molecule is O=C(c1ccc(N2CCC(NCCC3=CCCCC3)CC2)cc1)N1CCCC(CO)C1. The van der Waals surface area contributed by atoms with Crippen molar-refractivity contribution in [2.24, 2.45) is 5.92 Å². The number of hydrogen-bond donors (Lipinski definition) is 2. The molecule has 1 aromatic rings. The molecule has 1 aliphatic carbocycles. The maximum atomic E-state index is 12.8. The Morgan fingerprint density at radius 1 is 1.03 bits per heavy atom. The van der Waals surface area contributed by atoms with Gasteiger partial charge in [0.1, 0.15) is 0 Å². The molecule has 0 saturated carbocycles. The van der Waals surface area contributed by atoms with Crippen LogP contribution in [0.3, 0.4) is 0 Å². The molecular formula is C26H39N3O2. The Balaban J connectivity index is 1.22. The fraction of sp³-hybridized carbons (Fsp3) is 0.654. The highest BCUT2D eigenvalue weighted by Crippen LogP contribution is 2.23. The summed E-state index contributed by atoms with van der Waals surface area (Å²) in [5.41, 5.74) is 3.63. The van der Waals surface area contributed by atoms with Crippen molar-refractivity contribution in [2.75, 3.05) is 44.2 Å². The summed E-state index contributed by atoms with van der Waals surface area (Å²) < 4.78 is 0. The van der Waals surface area contributed by atoms with E-state index in [1.54, 1.807) is 5.57 Å². The third kappa shape index (κ3) is 6.11. The molecule has 2 saturated heterocycles. The molecule has 1 unspecified atom stereocenters. The van der Waals surface area contributed by atoms with E-state index in [0.717, 1.165) is 44.6 Å². The van der Waals surface area contributed by atoms with Gasteiger partial charge in [0, 0.05) is 50.1 Å². The quantitative estimate of drug-likeness (QED) is 0.649. The smallest absolute Gasteiger partial charge is 0.253 e. The van der Waals surface area contributed by atoms with Crippen LogP contribution in [0.5, 0.6) is 0 Å².